The van der Waals surface area contributed by atoms with Crippen LogP contribution in [0, 0.1) is 0 Å². The highest BCUT2D eigenvalue weighted by molar-refractivity contribution is 7.83. The number of thiocarbonyl (C=S) groups is 1. The van der Waals surface area contributed by atoms with Crippen LogP contribution in [0.2, 0.25) is 0 Å². The number of hydrogen-bond donors (Lipinski definition) is 0. The molecule has 1 aliphatic heterocycles. The van der Waals surface area contributed by atoms with Crippen LogP contribution < -0.4 is 0 Å². The van der Waals surface area contributed by atoms with Gasteiger partial charge in [0, 0.05) is 13.1 Å². The Morgan fingerprint density at radius 1 is 1.67 bits per heavy atom. The highest BCUT2D eigenvalue weighted by Crippen LogP contribution is 2.06. The van der Waals surface area contributed by atoms with E-state index in [2.05, 4.69) is 12.2 Å². The standard InChI is InChI=1S/C3H4ClNS/c4-3(6)5-1-2-5/h1-2H2. The van der Waals surface area contributed by atoms with Crippen LogP contribution in [0.1, 0.15) is 0 Å². The summed E-state index contributed by atoms with van der Waals surface area (Å²) in [6, 6.07) is 0. The van der Waals surface area contributed by atoms with E-state index in [0.717, 1.165) is 13.1 Å². The van der Waals surface area contributed by atoms with Crippen molar-refractivity contribution < 1.29 is 0 Å². The molecule has 0 aliphatic carbocycles. The van der Waals surface area contributed by atoms with E-state index in [1.54, 1.807) is 0 Å². The molecule has 6 heavy (non-hydrogen) atoms. The molecule has 1 fully saturated rings. The van der Waals surface area contributed by atoms with Gasteiger partial charge in [-0.25, -0.2) is 0 Å². The minimum Gasteiger partial charge on any atom is -0.350 e. The molecule has 0 aromatic rings. The van der Waals surface area contributed by atoms with Crippen LogP contribution in [-0.4, -0.2) is 22.4 Å². The molecule has 0 N–H and O–H groups in total. The van der Waals surface area contributed by atoms with E-state index in [9.17, 15) is 0 Å². The SMILES string of the molecule is S=C(Cl)N1CC1. The maximum Gasteiger partial charge on any atom is 0.170 e. The van der Waals surface area contributed by atoms with Crippen LogP contribution in [0.4, 0.5) is 0 Å². The van der Waals surface area contributed by atoms with Gasteiger partial charge in [-0.05, 0) is 12.2 Å². The average molecular weight is 122 g/mol. The second kappa shape index (κ2) is 1.35. The van der Waals surface area contributed by atoms with E-state index >= 15 is 0 Å². The monoisotopic (exact) mass is 121 g/mol. The predicted molar refractivity (Wildman–Crippen MR) is 30.0 cm³/mol. The zero-order valence-electron chi connectivity index (χ0n) is 3.15. The highest BCUT2D eigenvalue weighted by atomic mass is 35.5. The quantitative estimate of drug-likeness (QED) is 0.202. The van der Waals surface area contributed by atoms with E-state index in [0.29, 0.717) is 4.45 Å². The zero-order valence-corrected chi connectivity index (χ0v) is 4.72. The Morgan fingerprint density at radius 3 is 2.17 bits per heavy atom. The fourth-order valence-corrected chi connectivity index (χ4v) is 0.577. The van der Waals surface area contributed by atoms with Crippen molar-refractivity contribution >= 4 is 28.3 Å². The van der Waals surface area contributed by atoms with Gasteiger partial charge in [-0.2, -0.15) is 0 Å². The van der Waals surface area contributed by atoms with Crippen LogP contribution in [0.5, 0.6) is 0 Å². The first-order valence-corrected chi connectivity index (χ1v) is 2.54. The summed E-state index contributed by atoms with van der Waals surface area (Å²) in [4.78, 5) is 1.91. The number of nitrogens with zero attached hydrogens (tertiary/aromatic N) is 1. The highest BCUT2D eigenvalue weighted by Gasteiger charge is 2.17. The third-order valence-corrected chi connectivity index (χ3v) is 1.19. The first-order valence-electron chi connectivity index (χ1n) is 1.75. The van der Waals surface area contributed by atoms with Crippen molar-refractivity contribution in [2.45, 2.75) is 0 Å². The maximum atomic E-state index is 5.33. The summed E-state index contributed by atoms with van der Waals surface area (Å²) >= 11 is 9.91. The molecule has 0 radical (unpaired) electrons. The molecule has 0 saturated carbocycles. The number of hydrogen-bond acceptors (Lipinski definition) is 1. The van der Waals surface area contributed by atoms with E-state index in [1.165, 1.54) is 0 Å². The lowest BCUT2D eigenvalue weighted by Gasteiger charge is -1.86. The van der Waals surface area contributed by atoms with Gasteiger partial charge in [0.2, 0.25) is 0 Å². The zero-order chi connectivity index (χ0) is 4.57. The average Bonchev–Trinajstić information content (AvgIpc) is 2.06. The van der Waals surface area contributed by atoms with Crippen LogP contribution in [0.3, 0.4) is 0 Å². The topological polar surface area (TPSA) is 3.01 Å². The fourth-order valence-electron chi connectivity index (χ4n) is 0.226. The van der Waals surface area contributed by atoms with Gasteiger partial charge < -0.3 is 4.90 Å². The molecule has 3 heteroatoms. The lowest BCUT2D eigenvalue weighted by molar-refractivity contribution is 0.883. The lowest BCUT2D eigenvalue weighted by atomic mass is 11.0. The van der Waals surface area contributed by atoms with Crippen molar-refractivity contribution in [1.82, 2.24) is 4.90 Å². The van der Waals surface area contributed by atoms with Crippen molar-refractivity contribution in [2.24, 2.45) is 0 Å². The summed E-state index contributed by atoms with van der Waals surface area (Å²) in [5.74, 6) is 0. The summed E-state index contributed by atoms with van der Waals surface area (Å²) in [5.41, 5.74) is 0. The Balaban J connectivity index is 2.31. The number of rotatable bonds is 0. The Labute approximate surface area is 46.9 Å². The second-order valence-corrected chi connectivity index (χ2v) is 2.21. The van der Waals surface area contributed by atoms with Crippen molar-refractivity contribution in [3.63, 3.8) is 0 Å². The molecule has 0 amide bonds. The first kappa shape index (κ1) is 4.34. The predicted octanol–water partition coefficient (Wildman–Crippen LogP) is 0.826. The molecule has 1 rings (SSSR count). The van der Waals surface area contributed by atoms with Gasteiger partial charge in [0.1, 0.15) is 0 Å². The molecule has 0 bridgehead atoms. The van der Waals surface area contributed by atoms with Gasteiger partial charge in [-0.3, -0.25) is 0 Å². The van der Waals surface area contributed by atoms with Crippen molar-refractivity contribution in [1.29, 1.82) is 0 Å². The van der Waals surface area contributed by atoms with Crippen molar-refractivity contribution in [2.75, 3.05) is 13.1 Å². The smallest absolute Gasteiger partial charge is 0.170 e. The van der Waals surface area contributed by atoms with Crippen molar-refractivity contribution in [3.8, 4) is 0 Å². The lowest BCUT2D eigenvalue weighted by Crippen LogP contribution is -1.95. The summed E-state index contributed by atoms with van der Waals surface area (Å²) in [6.45, 7) is 2.12. The Kier molecular flexibility index (Phi) is 0.979. The normalized spacial score (nSPS) is 17.8. The second-order valence-electron chi connectivity index (χ2n) is 1.24. The summed E-state index contributed by atoms with van der Waals surface area (Å²) in [5, 5.41) is 0. The minimum absolute atomic E-state index is 0.509. The fraction of sp³-hybridized carbons (Fsp3) is 0.667. The van der Waals surface area contributed by atoms with Gasteiger partial charge in [0.25, 0.3) is 0 Å². The molecule has 0 atom stereocenters. The molecule has 1 nitrogen and oxygen atoms in total. The summed E-state index contributed by atoms with van der Waals surface area (Å²) in [7, 11) is 0. The molecule has 1 aliphatic rings. The largest absolute Gasteiger partial charge is 0.350 e. The van der Waals surface area contributed by atoms with Crippen LogP contribution in [-0.2, 0) is 0 Å². The van der Waals surface area contributed by atoms with E-state index in [1.807, 2.05) is 4.90 Å². The van der Waals surface area contributed by atoms with Crippen LogP contribution >= 0.6 is 23.8 Å². The van der Waals surface area contributed by atoms with Gasteiger partial charge >= 0.3 is 0 Å². The van der Waals surface area contributed by atoms with E-state index < -0.39 is 0 Å². The molecule has 0 aromatic heterocycles. The summed E-state index contributed by atoms with van der Waals surface area (Å²) in [6.07, 6.45) is 0. The van der Waals surface area contributed by atoms with Gasteiger partial charge in [0.15, 0.2) is 4.45 Å². The van der Waals surface area contributed by atoms with Crippen LogP contribution in [0.25, 0.3) is 0 Å². The van der Waals surface area contributed by atoms with Crippen molar-refractivity contribution in [3.05, 3.63) is 0 Å². The number of halogens is 1. The summed E-state index contributed by atoms with van der Waals surface area (Å²) < 4.78 is 0.509. The third kappa shape index (κ3) is 0.820. The van der Waals surface area contributed by atoms with Gasteiger partial charge in [0.05, 0.1) is 0 Å². The molecule has 0 spiro atoms. The molecular formula is C3H4ClNS. The van der Waals surface area contributed by atoms with Gasteiger partial charge in [-0.1, -0.05) is 11.6 Å². The molecule has 1 heterocycles. The van der Waals surface area contributed by atoms with E-state index in [-0.39, 0.29) is 0 Å². The minimum atomic E-state index is 0.509. The molecule has 0 aromatic carbocycles. The molecule has 1 saturated heterocycles. The third-order valence-electron chi connectivity index (χ3n) is 0.696. The Hall–Kier alpha value is 0.180. The van der Waals surface area contributed by atoms with E-state index in [4.69, 9.17) is 11.6 Å². The molecule has 0 unspecified atom stereocenters. The Bertz CT molecular complexity index is 78.9. The Morgan fingerprint density at radius 2 is 2.17 bits per heavy atom. The molecule has 34 valence electrons. The van der Waals surface area contributed by atoms with Crippen LogP contribution in [0.15, 0.2) is 0 Å². The van der Waals surface area contributed by atoms with Gasteiger partial charge in [-0.15, -0.1) is 0 Å². The maximum absolute atomic E-state index is 5.33. The molecular weight excluding hydrogens is 118 g/mol. The first-order chi connectivity index (χ1) is 2.80.